The Balaban J connectivity index is 2.23. The molecule has 1 saturated heterocycles. The topological polar surface area (TPSA) is 69.7 Å². The molecule has 0 saturated carbocycles. The number of ketones is 1. The van der Waals surface area contributed by atoms with Gasteiger partial charge in [0.05, 0.1) is 6.61 Å². The third-order valence-electron chi connectivity index (χ3n) is 3.95. The minimum absolute atomic E-state index is 0.0617. The summed E-state index contributed by atoms with van der Waals surface area (Å²) >= 11 is 0. The molecule has 118 valence electrons. The first-order valence-corrected chi connectivity index (χ1v) is 7.34. The van der Waals surface area contributed by atoms with E-state index in [9.17, 15) is 14.4 Å². The Kier molecular flexibility index (Phi) is 4.64. The molecule has 0 aromatic heterocycles. The Morgan fingerprint density at radius 2 is 1.86 bits per heavy atom. The smallest absolute Gasteiger partial charge is 0.321 e. The predicted molar refractivity (Wildman–Crippen MR) is 79.2 cm³/mol. The van der Waals surface area contributed by atoms with Crippen molar-refractivity contribution in [2.75, 3.05) is 6.61 Å². The van der Waals surface area contributed by atoms with Crippen LogP contribution in [-0.2, 0) is 19.1 Å². The molecule has 0 N–H and O–H groups in total. The SMILES string of the molecule is CCOC(=O)[C@@H]1C(=O)OC(C)(C)[C@H]1CC(=O)c1ccccc1. The van der Waals surface area contributed by atoms with Crippen LogP contribution in [0, 0.1) is 11.8 Å². The van der Waals surface area contributed by atoms with Crippen molar-refractivity contribution >= 4 is 17.7 Å². The summed E-state index contributed by atoms with van der Waals surface area (Å²) in [5, 5.41) is 0. The number of esters is 2. The van der Waals surface area contributed by atoms with Crippen LogP contribution < -0.4 is 0 Å². The van der Waals surface area contributed by atoms with E-state index in [2.05, 4.69) is 0 Å². The summed E-state index contributed by atoms with van der Waals surface area (Å²) in [6.07, 6.45) is 0.0617. The lowest BCUT2D eigenvalue weighted by Gasteiger charge is -2.25. The van der Waals surface area contributed by atoms with Crippen LogP contribution >= 0.6 is 0 Å². The number of ether oxygens (including phenoxy) is 2. The van der Waals surface area contributed by atoms with Crippen molar-refractivity contribution < 1.29 is 23.9 Å². The number of carbonyl (C=O) groups is 3. The predicted octanol–water partition coefficient (Wildman–Crippen LogP) is 2.39. The summed E-state index contributed by atoms with van der Waals surface area (Å²) < 4.78 is 10.2. The van der Waals surface area contributed by atoms with E-state index in [1.807, 2.05) is 6.07 Å². The maximum absolute atomic E-state index is 12.4. The molecule has 1 aromatic rings. The first-order valence-electron chi connectivity index (χ1n) is 7.34. The highest BCUT2D eigenvalue weighted by molar-refractivity contribution is 6.00. The van der Waals surface area contributed by atoms with Crippen LogP contribution in [0.3, 0.4) is 0 Å². The number of benzene rings is 1. The Labute approximate surface area is 129 Å². The molecular weight excluding hydrogens is 284 g/mol. The maximum Gasteiger partial charge on any atom is 0.321 e. The molecule has 1 aromatic carbocycles. The molecule has 0 bridgehead atoms. The van der Waals surface area contributed by atoms with Gasteiger partial charge in [-0.15, -0.1) is 0 Å². The van der Waals surface area contributed by atoms with Crippen LogP contribution in [0.1, 0.15) is 37.6 Å². The number of Topliss-reactive ketones (excluding diaryl/α,β-unsaturated/α-hetero) is 1. The zero-order chi connectivity index (χ0) is 16.3. The molecule has 2 atom stereocenters. The van der Waals surface area contributed by atoms with Crippen LogP contribution in [0.15, 0.2) is 30.3 Å². The summed E-state index contributed by atoms with van der Waals surface area (Å²) in [5.74, 6) is -2.93. The van der Waals surface area contributed by atoms with E-state index >= 15 is 0 Å². The molecule has 0 amide bonds. The Morgan fingerprint density at radius 3 is 2.45 bits per heavy atom. The third-order valence-corrected chi connectivity index (χ3v) is 3.95. The number of rotatable bonds is 5. The summed E-state index contributed by atoms with van der Waals surface area (Å²) in [6.45, 7) is 5.29. The van der Waals surface area contributed by atoms with E-state index in [1.165, 1.54) is 0 Å². The Morgan fingerprint density at radius 1 is 1.23 bits per heavy atom. The summed E-state index contributed by atoms with van der Waals surface area (Å²) in [6, 6.07) is 8.80. The average Bonchev–Trinajstić information content (AvgIpc) is 2.69. The molecule has 5 heteroatoms. The second kappa shape index (κ2) is 6.30. The van der Waals surface area contributed by atoms with Crippen LogP contribution in [-0.4, -0.2) is 29.9 Å². The van der Waals surface area contributed by atoms with Gasteiger partial charge in [0.25, 0.3) is 0 Å². The molecule has 0 unspecified atom stereocenters. The van der Waals surface area contributed by atoms with E-state index in [-0.39, 0.29) is 18.8 Å². The fourth-order valence-corrected chi connectivity index (χ4v) is 2.76. The second-order valence-electron chi connectivity index (χ2n) is 5.85. The van der Waals surface area contributed by atoms with E-state index in [0.717, 1.165) is 0 Å². The zero-order valence-electron chi connectivity index (χ0n) is 13.0. The second-order valence-corrected chi connectivity index (χ2v) is 5.85. The van der Waals surface area contributed by atoms with Gasteiger partial charge in [0.1, 0.15) is 5.60 Å². The normalized spacial score (nSPS) is 23.0. The monoisotopic (exact) mass is 304 g/mol. The minimum Gasteiger partial charge on any atom is -0.465 e. The van der Waals surface area contributed by atoms with Gasteiger partial charge in [0.15, 0.2) is 11.7 Å². The largest absolute Gasteiger partial charge is 0.465 e. The number of hydrogen-bond donors (Lipinski definition) is 0. The molecule has 1 fully saturated rings. The molecule has 1 aliphatic rings. The van der Waals surface area contributed by atoms with Crippen molar-refractivity contribution in [3.05, 3.63) is 35.9 Å². The molecule has 0 aliphatic carbocycles. The summed E-state index contributed by atoms with van der Waals surface area (Å²) in [4.78, 5) is 36.4. The van der Waals surface area contributed by atoms with Crippen molar-refractivity contribution in [1.29, 1.82) is 0 Å². The summed E-state index contributed by atoms with van der Waals surface area (Å²) in [7, 11) is 0. The van der Waals surface area contributed by atoms with Gasteiger partial charge in [-0.3, -0.25) is 14.4 Å². The van der Waals surface area contributed by atoms with Gasteiger partial charge in [-0.05, 0) is 20.8 Å². The quantitative estimate of drug-likeness (QED) is 0.474. The van der Waals surface area contributed by atoms with Crippen molar-refractivity contribution in [1.82, 2.24) is 0 Å². The van der Waals surface area contributed by atoms with E-state index in [0.29, 0.717) is 5.56 Å². The lowest BCUT2D eigenvalue weighted by Crippen LogP contribution is -2.35. The van der Waals surface area contributed by atoms with Crippen molar-refractivity contribution in [3.63, 3.8) is 0 Å². The molecule has 5 nitrogen and oxygen atoms in total. The summed E-state index contributed by atoms with van der Waals surface area (Å²) in [5.41, 5.74) is -0.320. The third kappa shape index (κ3) is 3.18. The van der Waals surface area contributed by atoms with Crippen LogP contribution in [0.25, 0.3) is 0 Å². The van der Waals surface area contributed by atoms with E-state index < -0.39 is 29.4 Å². The van der Waals surface area contributed by atoms with Gasteiger partial charge >= 0.3 is 11.9 Å². The Hall–Kier alpha value is -2.17. The zero-order valence-corrected chi connectivity index (χ0v) is 13.0. The molecular formula is C17H20O5. The molecule has 1 heterocycles. The van der Waals surface area contributed by atoms with Gasteiger partial charge in [-0.2, -0.15) is 0 Å². The molecule has 0 spiro atoms. The van der Waals surface area contributed by atoms with Gasteiger partial charge in [-0.25, -0.2) is 0 Å². The van der Waals surface area contributed by atoms with Crippen molar-refractivity contribution in [3.8, 4) is 0 Å². The molecule has 2 rings (SSSR count). The van der Waals surface area contributed by atoms with Gasteiger partial charge in [0, 0.05) is 17.9 Å². The lowest BCUT2D eigenvalue weighted by atomic mass is 9.79. The average molecular weight is 304 g/mol. The maximum atomic E-state index is 12.4. The minimum atomic E-state index is -1.04. The highest BCUT2D eigenvalue weighted by atomic mass is 16.6. The van der Waals surface area contributed by atoms with Crippen LogP contribution in [0.2, 0.25) is 0 Å². The van der Waals surface area contributed by atoms with Crippen molar-refractivity contribution in [2.45, 2.75) is 32.8 Å². The van der Waals surface area contributed by atoms with Crippen LogP contribution in [0.4, 0.5) is 0 Å². The Bertz CT molecular complexity index is 576. The van der Waals surface area contributed by atoms with Gasteiger partial charge in [-0.1, -0.05) is 30.3 Å². The first-order chi connectivity index (χ1) is 10.4. The highest BCUT2D eigenvalue weighted by Gasteiger charge is 2.54. The van der Waals surface area contributed by atoms with Gasteiger partial charge < -0.3 is 9.47 Å². The number of carbonyl (C=O) groups excluding carboxylic acids is 3. The highest BCUT2D eigenvalue weighted by Crippen LogP contribution is 2.40. The van der Waals surface area contributed by atoms with E-state index in [4.69, 9.17) is 9.47 Å². The number of cyclic esters (lactones) is 1. The van der Waals surface area contributed by atoms with Gasteiger partial charge in [0.2, 0.25) is 0 Å². The fraction of sp³-hybridized carbons (Fsp3) is 0.471. The fourth-order valence-electron chi connectivity index (χ4n) is 2.76. The standard InChI is InChI=1S/C17H20O5/c1-4-21-15(19)14-12(17(2,3)22-16(14)20)10-13(18)11-8-6-5-7-9-11/h5-9,12,14H,4,10H2,1-3H3/t12-,14+/m0/s1. The lowest BCUT2D eigenvalue weighted by molar-refractivity contribution is -0.157. The van der Waals surface area contributed by atoms with Crippen LogP contribution in [0.5, 0.6) is 0 Å². The number of hydrogen-bond acceptors (Lipinski definition) is 5. The van der Waals surface area contributed by atoms with E-state index in [1.54, 1.807) is 45.0 Å². The van der Waals surface area contributed by atoms with Crippen molar-refractivity contribution in [2.24, 2.45) is 11.8 Å². The first kappa shape index (κ1) is 16.2. The molecule has 1 aliphatic heterocycles. The molecule has 22 heavy (non-hydrogen) atoms. The molecule has 0 radical (unpaired) electrons.